The fraction of sp³-hybridized carbons (Fsp3) is 0.647. The van der Waals surface area contributed by atoms with Gasteiger partial charge in [-0.3, -0.25) is 4.90 Å². The molecule has 0 amide bonds. The Bertz CT molecular complexity index is 440. The summed E-state index contributed by atoms with van der Waals surface area (Å²) < 4.78 is 5.22. The van der Waals surface area contributed by atoms with Crippen LogP contribution >= 0.6 is 0 Å². The summed E-state index contributed by atoms with van der Waals surface area (Å²) in [6.45, 7) is 4.53. The van der Waals surface area contributed by atoms with Gasteiger partial charge in [0, 0.05) is 44.0 Å². The first-order chi connectivity index (χ1) is 10.3. The third-order valence-corrected chi connectivity index (χ3v) is 4.96. The molecule has 4 heteroatoms. The lowest BCUT2D eigenvalue weighted by Crippen LogP contribution is -2.52. The fourth-order valence-corrected chi connectivity index (χ4v) is 3.67. The summed E-state index contributed by atoms with van der Waals surface area (Å²) in [6.07, 6.45) is 5.02. The molecular formula is C17H27N3O. The maximum absolute atomic E-state index is 6.13. The molecule has 0 spiro atoms. The Morgan fingerprint density at radius 3 is 2.38 bits per heavy atom. The number of benzene rings is 1. The molecule has 3 rings (SSSR count). The molecule has 2 atom stereocenters. The summed E-state index contributed by atoms with van der Waals surface area (Å²) in [6, 6.07) is 9.54. The molecule has 4 nitrogen and oxygen atoms in total. The van der Waals surface area contributed by atoms with E-state index in [-0.39, 0.29) is 0 Å². The van der Waals surface area contributed by atoms with Gasteiger partial charge in [0.2, 0.25) is 0 Å². The first-order valence-electron chi connectivity index (χ1n) is 8.15. The Morgan fingerprint density at radius 1 is 1.05 bits per heavy atom. The fourth-order valence-electron chi connectivity index (χ4n) is 3.67. The highest BCUT2D eigenvalue weighted by atomic mass is 16.5. The van der Waals surface area contributed by atoms with Crippen LogP contribution in [0.4, 0.5) is 5.69 Å². The molecule has 1 heterocycles. The number of ether oxygens (including phenoxy) is 1. The van der Waals surface area contributed by atoms with Gasteiger partial charge >= 0.3 is 0 Å². The Balaban J connectivity index is 1.54. The predicted octanol–water partition coefficient (Wildman–Crippen LogP) is 2.09. The van der Waals surface area contributed by atoms with Gasteiger partial charge in [-0.05, 0) is 43.5 Å². The van der Waals surface area contributed by atoms with E-state index < -0.39 is 0 Å². The van der Waals surface area contributed by atoms with E-state index in [9.17, 15) is 0 Å². The average molecular weight is 289 g/mol. The van der Waals surface area contributed by atoms with Gasteiger partial charge in [0.15, 0.2) is 0 Å². The lowest BCUT2D eigenvalue weighted by atomic mass is 9.90. The van der Waals surface area contributed by atoms with Gasteiger partial charge < -0.3 is 15.4 Å². The molecule has 2 aliphatic rings. The molecule has 1 aromatic rings. The number of nitrogens with two attached hydrogens (primary N) is 1. The van der Waals surface area contributed by atoms with Crippen molar-refractivity contribution in [2.75, 3.05) is 38.2 Å². The zero-order valence-electron chi connectivity index (χ0n) is 13.0. The molecule has 2 unspecified atom stereocenters. The van der Waals surface area contributed by atoms with E-state index in [4.69, 9.17) is 10.5 Å². The predicted molar refractivity (Wildman–Crippen MR) is 87.0 cm³/mol. The third kappa shape index (κ3) is 3.50. The van der Waals surface area contributed by atoms with E-state index in [0.717, 1.165) is 31.9 Å². The Labute approximate surface area is 127 Å². The highest BCUT2D eigenvalue weighted by molar-refractivity contribution is 5.49. The lowest BCUT2D eigenvalue weighted by molar-refractivity contribution is 0.140. The monoisotopic (exact) mass is 289 g/mol. The van der Waals surface area contributed by atoms with Gasteiger partial charge in [0.1, 0.15) is 5.75 Å². The first-order valence-corrected chi connectivity index (χ1v) is 8.15. The van der Waals surface area contributed by atoms with Crippen LogP contribution in [0.25, 0.3) is 0 Å². The highest BCUT2D eigenvalue weighted by Gasteiger charge is 2.27. The van der Waals surface area contributed by atoms with Crippen LogP contribution in [0.5, 0.6) is 5.75 Å². The summed E-state index contributed by atoms with van der Waals surface area (Å²) in [5, 5.41) is 0. The normalized spacial score (nSPS) is 27.6. The van der Waals surface area contributed by atoms with Crippen molar-refractivity contribution in [3.05, 3.63) is 24.3 Å². The van der Waals surface area contributed by atoms with Crippen LogP contribution in [0.2, 0.25) is 0 Å². The number of piperazine rings is 1. The van der Waals surface area contributed by atoms with Crippen LogP contribution in [0.3, 0.4) is 0 Å². The van der Waals surface area contributed by atoms with E-state index in [2.05, 4.69) is 21.9 Å². The second-order valence-corrected chi connectivity index (χ2v) is 6.30. The molecule has 1 aliphatic carbocycles. The maximum atomic E-state index is 6.13. The van der Waals surface area contributed by atoms with Crippen LogP contribution in [0, 0.1) is 0 Å². The zero-order valence-corrected chi connectivity index (χ0v) is 13.0. The number of nitrogens with zero attached hydrogens (tertiary/aromatic N) is 2. The van der Waals surface area contributed by atoms with E-state index in [1.807, 2.05) is 12.1 Å². The second kappa shape index (κ2) is 6.67. The van der Waals surface area contributed by atoms with Crippen molar-refractivity contribution in [1.29, 1.82) is 0 Å². The molecule has 21 heavy (non-hydrogen) atoms. The summed E-state index contributed by atoms with van der Waals surface area (Å²) in [5.41, 5.74) is 7.43. The minimum atomic E-state index is 0.420. The Kier molecular flexibility index (Phi) is 4.66. The van der Waals surface area contributed by atoms with E-state index in [1.54, 1.807) is 7.11 Å². The van der Waals surface area contributed by atoms with Crippen molar-refractivity contribution < 1.29 is 4.74 Å². The van der Waals surface area contributed by atoms with E-state index in [0.29, 0.717) is 12.1 Å². The van der Waals surface area contributed by atoms with E-state index >= 15 is 0 Å². The molecule has 1 saturated carbocycles. The molecule has 0 bridgehead atoms. The number of methoxy groups -OCH3 is 1. The van der Waals surface area contributed by atoms with Crippen LogP contribution < -0.4 is 15.4 Å². The molecule has 1 saturated heterocycles. The van der Waals surface area contributed by atoms with Crippen LogP contribution in [-0.4, -0.2) is 50.3 Å². The van der Waals surface area contributed by atoms with Crippen molar-refractivity contribution in [2.45, 2.75) is 37.8 Å². The van der Waals surface area contributed by atoms with Crippen molar-refractivity contribution in [1.82, 2.24) is 4.90 Å². The third-order valence-electron chi connectivity index (χ3n) is 4.96. The Morgan fingerprint density at radius 2 is 1.76 bits per heavy atom. The van der Waals surface area contributed by atoms with Gasteiger partial charge in [-0.1, -0.05) is 6.42 Å². The highest BCUT2D eigenvalue weighted by Crippen LogP contribution is 2.25. The zero-order chi connectivity index (χ0) is 14.7. The number of hydrogen-bond acceptors (Lipinski definition) is 4. The number of anilines is 1. The molecule has 116 valence electrons. The minimum absolute atomic E-state index is 0.420. The SMILES string of the molecule is COc1ccc(N2CCN(C3CCCC(N)C3)CC2)cc1. The molecule has 0 aromatic heterocycles. The van der Waals surface area contributed by atoms with Crippen molar-refractivity contribution >= 4 is 5.69 Å². The van der Waals surface area contributed by atoms with Crippen LogP contribution in [0.15, 0.2) is 24.3 Å². The topological polar surface area (TPSA) is 41.7 Å². The van der Waals surface area contributed by atoms with Crippen molar-refractivity contribution in [3.8, 4) is 5.75 Å². The van der Waals surface area contributed by atoms with Gasteiger partial charge in [-0.2, -0.15) is 0 Å². The Hall–Kier alpha value is -1.26. The van der Waals surface area contributed by atoms with E-state index in [1.165, 1.54) is 31.4 Å². The summed E-state index contributed by atoms with van der Waals surface area (Å²) >= 11 is 0. The van der Waals surface area contributed by atoms with Crippen molar-refractivity contribution in [2.24, 2.45) is 5.73 Å². The largest absolute Gasteiger partial charge is 0.497 e. The number of hydrogen-bond donors (Lipinski definition) is 1. The molecular weight excluding hydrogens is 262 g/mol. The maximum Gasteiger partial charge on any atom is 0.119 e. The number of rotatable bonds is 3. The standard InChI is InChI=1S/C17H27N3O/c1-21-17-7-5-15(6-8-17)19-9-11-20(12-10-19)16-4-2-3-14(18)13-16/h5-8,14,16H,2-4,9-13,18H2,1H3. The van der Waals surface area contributed by atoms with Gasteiger partial charge in [-0.15, -0.1) is 0 Å². The first kappa shape index (κ1) is 14.7. The molecule has 1 aliphatic heterocycles. The molecule has 2 N–H and O–H groups in total. The minimum Gasteiger partial charge on any atom is -0.497 e. The van der Waals surface area contributed by atoms with Gasteiger partial charge in [0.05, 0.1) is 7.11 Å². The molecule has 2 fully saturated rings. The summed E-state index contributed by atoms with van der Waals surface area (Å²) in [5.74, 6) is 0.925. The molecule has 0 radical (unpaired) electrons. The van der Waals surface area contributed by atoms with Crippen LogP contribution in [-0.2, 0) is 0 Å². The van der Waals surface area contributed by atoms with Gasteiger partial charge in [0.25, 0.3) is 0 Å². The second-order valence-electron chi connectivity index (χ2n) is 6.30. The van der Waals surface area contributed by atoms with Crippen LogP contribution in [0.1, 0.15) is 25.7 Å². The summed E-state index contributed by atoms with van der Waals surface area (Å²) in [7, 11) is 1.71. The smallest absolute Gasteiger partial charge is 0.119 e. The van der Waals surface area contributed by atoms with Gasteiger partial charge in [-0.25, -0.2) is 0 Å². The lowest BCUT2D eigenvalue weighted by Gasteiger charge is -2.42. The molecule has 1 aromatic carbocycles. The quantitative estimate of drug-likeness (QED) is 0.925. The van der Waals surface area contributed by atoms with Crippen molar-refractivity contribution in [3.63, 3.8) is 0 Å². The summed E-state index contributed by atoms with van der Waals surface area (Å²) in [4.78, 5) is 5.12. The average Bonchev–Trinajstić information content (AvgIpc) is 2.55.